The summed E-state index contributed by atoms with van der Waals surface area (Å²) in [6.07, 6.45) is 0. The van der Waals surface area contributed by atoms with Gasteiger partial charge in [0.1, 0.15) is 0 Å². The van der Waals surface area contributed by atoms with E-state index in [0.717, 1.165) is 11.6 Å². The standard InChI is InChI=1S/C14H23NO2SSi/c1-12-14(13-8-6-5-7-9-13)15(12)18(16,17)10-11-19(2,3)4/h5-9,12,14H,10-11H2,1-4H3/t12-,14-,15?/m0/s1. The Morgan fingerprint density at radius 1 is 1.16 bits per heavy atom. The quantitative estimate of drug-likeness (QED) is 0.618. The van der Waals surface area contributed by atoms with Crippen molar-refractivity contribution in [3.05, 3.63) is 35.9 Å². The second kappa shape index (κ2) is 5.03. The highest BCUT2D eigenvalue weighted by molar-refractivity contribution is 7.89. The molecule has 0 saturated carbocycles. The molecule has 0 aliphatic carbocycles. The molecule has 0 radical (unpaired) electrons. The Hall–Kier alpha value is -0.653. The molecule has 1 unspecified atom stereocenters. The first-order chi connectivity index (χ1) is 8.72. The van der Waals surface area contributed by atoms with E-state index in [4.69, 9.17) is 0 Å². The molecule has 0 aromatic heterocycles. The van der Waals surface area contributed by atoms with E-state index in [9.17, 15) is 8.42 Å². The number of sulfonamides is 1. The fraction of sp³-hybridized carbons (Fsp3) is 0.571. The molecule has 3 atom stereocenters. The van der Waals surface area contributed by atoms with E-state index in [0.29, 0.717) is 5.75 Å². The highest BCUT2D eigenvalue weighted by Gasteiger charge is 2.52. The summed E-state index contributed by atoms with van der Waals surface area (Å²) in [5.41, 5.74) is 1.10. The Labute approximate surface area is 117 Å². The summed E-state index contributed by atoms with van der Waals surface area (Å²) in [5.74, 6) is 0.302. The van der Waals surface area contributed by atoms with Crippen molar-refractivity contribution in [1.29, 1.82) is 0 Å². The molecular weight excluding hydrogens is 274 g/mol. The highest BCUT2D eigenvalue weighted by atomic mass is 32.2. The Bertz CT molecular complexity index is 536. The maximum atomic E-state index is 12.4. The summed E-state index contributed by atoms with van der Waals surface area (Å²) >= 11 is 0. The van der Waals surface area contributed by atoms with E-state index in [1.165, 1.54) is 0 Å². The van der Waals surface area contributed by atoms with Crippen molar-refractivity contribution in [2.24, 2.45) is 0 Å². The Kier molecular flexibility index (Phi) is 3.91. The van der Waals surface area contributed by atoms with Gasteiger partial charge in [-0.1, -0.05) is 50.0 Å². The lowest BCUT2D eigenvalue weighted by atomic mass is 10.1. The average molecular weight is 297 g/mol. The van der Waals surface area contributed by atoms with Crippen LogP contribution in [0.1, 0.15) is 18.5 Å². The summed E-state index contributed by atoms with van der Waals surface area (Å²) in [6, 6.07) is 10.9. The second-order valence-corrected chi connectivity index (χ2v) is 14.2. The number of hydrogen-bond acceptors (Lipinski definition) is 2. The molecule has 2 rings (SSSR count). The molecule has 5 heteroatoms. The van der Waals surface area contributed by atoms with Crippen molar-refractivity contribution in [2.45, 2.75) is 44.7 Å². The summed E-state index contributed by atoms with van der Waals surface area (Å²) in [6.45, 7) is 8.62. The zero-order chi connectivity index (χ0) is 14.3. The minimum absolute atomic E-state index is 0.0489. The second-order valence-electron chi connectivity index (χ2n) is 6.55. The van der Waals surface area contributed by atoms with Crippen LogP contribution in [0.2, 0.25) is 25.7 Å². The van der Waals surface area contributed by atoms with Crippen LogP contribution in [0.3, 0.4) is 0 Å². The number of nitrogens with zero attached hydrogens (tertiary/aromatic N) is 1. The van der Waals surface area contributed by atoms with Gasteiger partial charge < -0.3 is 0 Å². The maximum absolute atomic E-state index is 12.4. The van der Waals surface area contributed by atoms with Gasteiger partial charge in [-0.15, -0.1) is 0 Å². The number of rotatable bonds is 5. The summed E-state index contributed by atoms with van der Waals surface area (Å²) in [4.78, 5) is 0. The Morgan fingerprint density at radius 2 is 1.74 bits per heavy atom. The third kappa shape index (κ3) is 3.46. The lowest BCUT2D eigenvalue weighted by molar-refractivity contribution is 0.549. The van der Waals surface area contributed by atoms with Crippen molar-refractivity contribution in [3.63, 3.8) is 0 Å². The van der Waals surface area contributed by atoms with Crippen LogP contribution in [0, 0.1) is 0 Å². The predicted octanol–water partition coefficient (Wildman–Crippen LogP) is 3.10. The van der Waals surface area contributed by atoms with Crippen LogP contribution < -0.4 is 0 Å². The van der Waals surface area contributed by atoms with Gasteiger partial charge >= 0.3 is 0 Å². The monoisotopic (exact) mass is 297 g/mol. The van der Waals surface area contributed by atoms with Gasteiger partial charge in [-0.2, -0.15) is 4.31 Å². The lowest BCUT2D eigenvalue weighted by Gasteiger charge is -2.16. The lowest BCUT2D eigenvalue weighted by Crippen LogP contribution is -2.27. The van der Waals surface area contributed by atoms with Crippen molar-refractivity contribution in [3.8, 4) is 0 Å². The Morgan fingerprint density at radius 3 is 2.26 bits per heavy atom. The highest BCUT2D eigenvalue weighted by Crippen LogP contribution is 2.45. The fourth-order valence-electron chi connectivity index (χ4n) is 2.36. The van der Waals surface area contributed by atoms with Gasteiger partial charge in [0.05, 0.1) is 11.8 Å². The molecule has 1 saturated heterocycles. The molecule has 0 amide bonds. The topological polar surface area (TPSA) is 37.1 Å². The van der Waals surface area contributed by atoms with Crippen LogP contribution in [0.15, 0.2) is 30.3 Å². The van der Waals surface area contributed by atoms with Crippen molar-refractivity contribution in [2.75, 3.05) is 5.75 Å². The van der Waals surface area contributed by atoms with Crippen LogP contribution >= 0.6 is 0 Å². The van der Waals surface area contributed by atoms with Gasteiger partial charge in [-0.05, 0) is 18.5 Å². The van der Waals surface area contributed by atoms with Crippen molar-refractivity contribution < 1.29 is 8.42 Å². The molecule has 0 spiro atoms. The minimum Gasteiger partial charge on any atom is -0.212 e. The first-order valence-electron chi connectivity index (χ1n) is 6.78. The molecule has 0 bridgehead atoms. The van der Waals surface area contributed by atoms with Gasteiger partial charge in [0, 0.05) is 14.1 Å². The third-order valence-corrected chi connectivity index (χ3v) is 7.65. The van der Waals surface area contributed by atoms with E-state index in [1.54, 1.807) is 4.31 Å². The number of hydrogen-bond donors (Lipinski definition) is 0. The van der Waals surface area contributed by atoms with E-state index >= 15 is 0 Å². The predicted molar refractivity (Wildman–Crippen MR) is 82.4 cm³/mol. The van der Waals surface area contributed by atoms with E-state index in [2.05, 4.69) is 19.6 Å². The van der Waals surface area contributed by atoms with Crippen LogP contribution in [-0.4, -0.2) is 32.6 Å². The molecule has 106 valence electrons. The van der Waals surface area contributed by atoms with Gasteiger partial charge in [0.2, 0.25) is 10.0 Å². The van der Waals surface area contributed by atoms with E-state index in [1.807, 2.05) is 37.3 Å². The van der Waals surface area contributed by atoms with Crippen molar-refractivity contribution >= 4 is 18.1 Å². The minimum atomic E-state index is -3.10. The molecule has 0 N–H and O–H groups in total. The number of benzene rings is 1. The molecule has 1 aliphatic heterocycles. The first kappa shape index (κ1) is 14.7. The molecule has 1 aromatic carbocycles. The summed E-state index contributed by atoms with van der Waals surface area (Å²) < 4.78 is 26.4. The van der Waals surface area contributed by atoms with E-state index < -0.39 is 18.1 Å². The van der Waals surface area contributed by atoms with E-state index in [-0.39, 0.29) is 12.1 Å². The molecule has 1 aromatic rings. The summed E-state index contributed by atoms with van der Waals surface area (Å²) in [5, 5.41) is 0. The molecular formula is C14H23NO2SSi. The third-order valence-electron chi connectivity index (χ3n) is 3.62. The van der Waals surface area contributed by atoms with Gasteiger partial charge in [0.15, 0.2) is 0 Å². The SMILES string of the molecule is C[C@H]1[C@@H](c2ccccc2)N1S(=O)(=O)CC[Si](C)(C)C. The van der Waals surface area contributed by atoms with Crippen molar-refractivity contribution in [1.82, 2.24) is 4.31 Å². The van der Waals surface area contributed by atoms with Crippen LogP contribution in [0.25, 0.3) is 0 Å². The normalized spacial score (nSPS) is 27.3. The smallest absolute Gasteiger partial charge is 0.212 e. The molecule has 1 aliphatic rings. The van der Waals surface area contributed by atoms with Gasteiger partial charge in [-0.3, -0.25) is 0 Å². The maximum Gasteiger partial charge on any atom is 0.214 e. The van der Waals surface area contributed by atoms with Crippen LogP contribution in [0.5, 0.6) is 0 Å². The molecule has 1 heterocycles. The zero-order valence-electron chi connectivity index (χ0n) is 12.1. The zero-order valence-corrected chi connectivity index (χ0v) is 13.9. The van der Waals surface area contributed by atoms with Gasteiger partial charge in [-0.25, -0.2) is 8.42 Å². The average Bonchev–Trinajstić information content (AvgIpc) is 3.00. The van der Waals surface area contributed by atoms with Crippen LogP contribution in [0.4, 0.5) is 0 Å². The molecule has 3 nitrogen and oxygen atoms in total. The fourth-order valence-corrected chi connectivity index (χ4v) is 7.27. The Balaban J connectivity index is 2.08. The van der Waals surface area contributed by atoms with Gasteiger partial charge in [0.25, 0.3) is 0 Å². The molecule has 19 heavy (non-hydrogen) atoms. The van der Waals surface area contributed by atoms with Crippen LogP contribution in [-0.2, 0) is 10.0 Å². The molecule has 1 fully saturated rings. The largest absolute Gasteiger partial charge is 0.214 e. The first-order valence-corrected chi connectivity index (χ1v) is 12.1. The summed E-state index contributed by atoms with van der Waals surface area (Å²) in [7, 11) is -4.41.